The van der Waals surface area contributed by atoms with Gasteiger partial charge in [0.2, 0.25) is 0 Å². The highest BCUT2D eigenvalue weighted by molar-refractivity contribution is 5.93. The molecule has 0 saturated heterocycles. The molecule has 0 fully saturated rings. The van der Waals surface area contributed by atoms with E-state index >= 15 is 0 Å². The van der Waals surface area contributed by atoms with Crippen LogP contribution in [0.3, 0.4) is 0 Å². The van der Waals surface area contributed by atoms with Gasteiger partial charge in [0.05, 0.1) is 12.8 Å². The number of anilines is 2. The summed E-state index contributed by atoms with van der Waals surface area (Å²) in [6, 6.07) is 15.3. The van der Waals surface area contributed by atoms with E-state index in [1.165, 1.54) is 5.56 Å². The van der Waals surface area contributed by atoms with E-state index in [4.69, 9.17) is 9.15 Å². The molecular weight excluding hydrogens is 278 g/mol. The molecule has 3 aromatic rings. The summed E-state index contributed by atoms with van der Waals surface area (Å²) >= 11 is 0. The van der Waals surface area contributed by atoms with Crippen LogP contribution in [-0.4, -0.2) is 13.7 Å². The number of methoxy groups -OCH3 is 1. The van der Waals surface area contributed by atoms with Gasteiger partial charge in [0, 0.05) is 23.7 Å². The van der Waals surface area contributed by atoms with Crippen molar-refractivity contribution >= 4 is 22.3 Å². The minimum absolute atomic E-state index is 0.323. The Morgan fingerprint density at radius 3 is 2.82 bits per heavy atom. The van der Waals surface area contributed by atoms with Crippen LogP contribution in [-0.2, 0) is 6.42 Å². The molecule has 0 unspecified atom stereocenters. The highest BCUT2D eigenvalue weighted by atomic mass is 16.5. The molecule has 4 nitrogen and oxygen atoms in total. The van der Waals surface area contributed by atoms with Gasteiger partial charge in [0.25, 0.3) is 0 Å². The SMILES string of the molecule is COc1ccc2c(c1)CCN2c1cc(=O)oc2ccccc12. The van der Waals surface area contributed by atoms with Gasteiger partial charge in [0.15, 0.2) is 0 Å². The van der Waals surface area contributed by atoms with Crippen molar-refractivity contribution in [1.82, 2.24) is 0 Å². The average molecular weight is 293 g/mol. The molecule has 4 heteroatoms. The van der Waals surface area contributed by atoms with E-state index in [1.54, 1.807) is 13.2 Å². The first kappa shape index (κ1) is 13.0. The molecule has 2 aromatic carbocycles. The predicted molar refractivity (Wildman–Crippen MR) is 86.2 cm³/mol. The first-order chi connectivity index (χ1) is 10.8. The Morgan fingerprint density at radius 1 is 1.09 bits per heavy atom. The summed E-state index contributed by atoms with van der Waals surface area (Å²) in [4.78, 5) is 14.0. The van der Waals surface area contributed by atoms with Crippen LogP contribution in [0.5, 0.6) is 5.75 Å². The quantitative estimate of drug-likeness (QED) is 0.678. The molecule has 22 heavy (non-hydrogen) atoms. The second-order valence-electron chi connectivity index (χ2n) is 5.34. The standard InChI is InChI=1S/C18H15NO3/c1-21-13-6-7-15-12(10-13)8-9-19(15)16-11-18(20)22-17-5-3-2-4-14(16)17/h2-7,10-11H,8-9H2,1H3. The van der Waals surface area contributed by atoms with Crippen molar-refractivity contribution in [2.24, 2.45) is 0 Å². The molecule has 0 atom stereocenters. The van der Waals surface area contributed by atoms with E-state index in [-0.39, 0.29) is 5.63 Å². The maximum Gasteiger partial charge on any atom is 0.338 e. The number of fused-ring (bicyclic) bond motifs is 2. The van der Waals surface area contributed by atoms with Gasteiger partial charge in [-0.05, 0) is 42.3 Å². The van der Waals surface area contributed by atoms with Crippen LogP contribution >= 0.6 is 0 Å². The fraction of sp³-hybridized carbons (Fsp3) is 0.167. The van der Waals surface area contributed by atoms with Gasteiger partial charge >= 0.3 is 5.63 Å². The number of rotatable bonds is 2. The molecule has 110 valence electrons. The fourth-order valence-electron chi connectivity index (χ4n) is 3.07. The molecule has 1 aliphatic heterocycles. The van der Waals surface area contributed by atoms with Crippen molar-refractivity contribution in [3.8, 4) is 5.75 Å². The van der Waals surface area contributed by atoms with Crippen LogP contribution in [0.4, 0.5) is 11.4 Å². The lowest BCUT2D eigenvalue weighted by atomic mass is 10.1. The molecule has 0 aliphatic carbocycles. The zero-order chi connectivity index (χ0) is 15.1. The Labute approximate surface area is 127 Å². The summed E-state index contributed by atoms with van der Waals surface area (Å²) < 4.78 is 10.6. The normalized spacial score (nSPS) is 13.4. The number of para-hydroxylation sites is 1. The Bertz CT molecular complexity index is 914. The van der Waals surface area contributed by atoms with E-state index in [2.05, 4.69) is 11.0 Å². The number of hydrogen-bond acceptors (Lipinski definition) is 4. The molecule has 0 saturated carbocycles. The Kier molecular flexibility index (Phi) is 2.89. The van der Waals surface area contributed by atoms with Crippen molar-refractivity contribution in [3.05, 3.63) is 64.5 Å². The van der Waals surface area contributed by atoms with Crippen molar-refractivity contribution in [2.75, 3.05) is 18.6 Å². The summed E-state index contributed by atoms with van der Waals surface area (Å²) in [5, 5.41) is 0.950. The van der Waals surface area contributed by atoms with E-state index in [0.717, 1.165) is 35.5 Å². The van der Waals surface area contributed by atoms with Crippen LogP contribution in [0.25, 0.3) is 11.0 Å². The zero-order valence-corrected chi connectivity index (χ0v) is 12.2. The minimum atomic E-state index is -0.323. The molecule has 0 amide bonds. The van der Waals surface area contributed by atoms with E-state index in [9.17, 15) is 4.79 Å². The monoisotopic (exact) mass is 293 g/mol. The molecule has 2 heterocycles. The summed E-state index contributed by atoms with van der Waals surface area (Å²) in [7, 11) is 1.67. The smallest absolute Gasteiger partial charge is 0.338 e. The van der Waals surface area contributed by atoms with E-state index in [1.807, 2.05) is 36.4 Å². The topological polar surface area (TPSA) is 42.7 Å². The Morgan fingerprint density at radius 2 is 1.95 bits per heavy atom. The summed E-state index contributed by atoms with van der Waals surface area (Å²) in [6.07, 6.45) is 0.932. The minimum Gasteiger partial charge on any atom is -0.497 e. The lowest BCUT2D eigenvalue weighted by Gasteiger charge is -2.20. The van der Waals surface area contributed by atoms with Gasteiger partial charge in [-0.3, -0.25) is 0 Å². The third kappa shape index (κ3) is 1.96. The van der Waals surface area contributed by atoms with Gasteiger partial charge in [-0.25, -0.2) is 4.79 Å². The molecule has 0 bridgehead atoms. The van der Waals surface area contributed by atoms with Crippen molar-refractivity contribution in [1.29, 1.82) is 0 Å². The largest absolute Gasteiger partial charge is 0.497 e. The first-order valence-electron chi connectivity index (χ1n) is 7.23. The lowest BCUT2D eigenvalue weighted by Crippen LogP contribution is -2.15. The van der Waals surface area contributed by atoms with Crippen LogP contribution in [0.2, 0.25) is 0 Å². The van der Waals surface area contributed by atoms with Crippen molar-refractivity contribution in [2.45, 2.75) is 6.42 Å². The van der Waals surface area contributed by atoms with Gasteiger partial charge in [-0.15, -0.1) is 0 Å². The summed E-state index contributed by atoms with van der Waals surface area (Å²) in [5.41, 5.74) is 3.55. The van der Waals surface area contributed by atoms with E-state index in [0.29, 0.717) is 5.58 Å². The van der Waals surface area contributed by atoms with Crippen molar-refractivity contribution in [3.63, 3.8) is 0 Å². The number of hydrogen-bond donors (Lipinski definition) is 0. The zero-order valence-electron chi connectivity index (χ0n) is 12.2. The van der Waals surface area contributed by atoms with Crippen LogP contribution < -0.4 is 15.3 Å². The Hall–Kier alpha value is -2.75. The third-order valence-corrected chi connectivity index (χ3v) is 4.10. The maximum absolute atomic E-state index is 11.9. The van der Waals surface area contributed by atoms with E-state index < -0.39 is 0 Å². The predicted octanol–water partition coefficient (Wildman–Crippen LogP) is 3.50. The Balaban J connectivity index is 1.90. The van der Waals surface area contributed by atoms with Crippen molar-refractivity contribution < 1.29 is 9.15 Å². The van der Waals surface area contributed by atoms with Gasteiger partial charge in [-0.2, -0.15) is 0 Å². The molecule has 0 radical (unpaired) electrons. The molecule has 4 rings (SSSR count). The molecule has 1 aliphatic rings. The molecule has 0 N–H and O–H groups in total. The second-order valence-corrected chi connectivity index (χ2v) is 5.34. The van der Waals surface area contributed by atoms with Crippen LogP contribution in [0.1, 0.15) is 5.56 Å². The first-order valence-corrected chi connectivity index (χ1v) is 7.23. The van der Waals surface area contributed by atoms with Gasteiger partial charge in [-0.1, -0.05) is 12.1 Å². The fourth-order valence-corrected chi connectivity index (χ4v) is 3.07. The average Bonchev–Trinajstić information content (AvgIpc) is 2.96. The number of benzene rings is 2. The maximum atomic E-state index is 11.9. The number of nitrogens with zero attached hydrogens (tertiary/aromatic N) is 1. The summed E-state index contributed by atoms with van der Waals surface area (Å²) in [6.45, 7) is 0.843. The third-order valence-electron chi connectivity index (χ3n) is 4.10. The molecule has 1 aromatic heterocycles. The van der Waals surface area contributed by atoms with Gasteiger partial charge in [0.1, 0.15) is 11.3 Å². The second kappa shape index (κ2) is 4.91. The highest BCUT2D eigenvalue weighted by Gasteiger charge is 2.23. The number of ether oxygens (including phenoxy) is 1. The molecule has 0 spiro atoms. The molecular formula is C18H15NO3. The van der Waals surface area contributed by atoms with Crippen LogP contribution in [0, 0.1) is 0 Å². The highest BCUT2D eigenvalue weighted by Crippen LogP contribution is 2.38. The summed E-state index contributed by atoms with van der Waals surface area (Å²) in [5.74, 6) is 0.859. The lowest BCUT2D eigenvalue weighted by molar-refractivity contribution is 0.414. The van der Waals surface area contributed by atoms with Gasteiger partial charge < -0.3 is 14.1 Å². The van der Waals surface area contributed by atoms with Crippen LogP contribution in [0.15, 0.2) is 57.7 Å².